The highest BCUT2D eigenvalue weighted by Crippen LogP contribution is 2.26. The minimum Gasteiger partial charge on any atom is -0.444 e. The Kier molecular flexibility index (Phi) is 6.87. The number of hydrogen-bond acceptors (Lipinski definition) is 6. The number of nitrogens with one attached hydrogen (secondary N) is 2. The molecule has 2 atom stereocenters. The van der Waals surface area contributed by atoms with Crippen LogP contribution in [-0.4, -0.2) is 56.5 Å². The highest BCUT2D eigenvalue weighted by molar-refractivity contribution is 7.89. The van der Waals surface area contributed by atoms with Crippen LogP contribution in [0.3, 0.4) is 0 Å². The molecule has 0 radical (unpaired) electrons. The number of ether oxygens (including phenoxy) is 2. The van der Waals surface area contributed by atoms with Crippen LogP contribution in [0.5, 0.6) is 5.75 Å². The van der Waals surface area contributed by atoms with Crippen LogP contribution in [0.2, 0.25) is 0 Å². The number of rotatable bonds is 6. The molecule has 1 saturated heterocycles. The Morgan fingerprint density at radius 3 is 2.50 bits per heavy atom. The Hall–Kier alpha value is -2.54. The molecule has 1 aromatic rings. The second kappa shape index (κ2) is 8.68. The molecule has 2 amide bonds. The van der Waals surface area contributed by atoms with E-state index in [-0.39, 0.29) is 13.0 Å². The van der Waals surface area contributed by atoms with E-state index in [9.17, 15) is 31.2 Å². The summed E-state index contributed by atoms with van der Waals surface area (Å²) in [7, 11) is -4.24. The van der Waals surface area contributed by atoms with Gasteiger partial charge in [-0.15, -0.1) is 13.2 Å². The van der Waals surface area contributed by atoms with Gasteiger partial charge < -0.3 is 14.8 Å². The number of amides is 2. The number of carbonyl (C=O) groups is 2. The third-order valence-electron chi connectivity index (χ3n) is 3.86. The topological polar surface area (TPSA) is 114 Å². The summed E-state index contributed by atoms with van der Waals surface area (Å²) in [5, 5.41) is 2.42. The molecule has 0 aromatic heterocycles. The predicted molar refractivity (Wildman–Crippen MR) is 97.8 cm³/mol. The van der Waals surface area contributed by atoms with E-state index in [1.165, 1.54) is 0 Å². The van der Waals surface area contributed by atoms with Crippen molar-refractivity contribution in [1.29, 1.82) is 0 Å². The van der Waals surface area contributed by atoms with Crippen molar-refractivity contribution in [3.63, 3.8) is 0 Å². The summed E-state index contributed by atoms with van der Waals surface area (Å²) in [6, 6.07) is 3.10. The fraction of sp³-hybridized carbons (Fsp3) is 0.529. The smallest absolute Gasteiger partial charge is 0.444 e. The first-order valence-corrected chi connectivity index (χ1v) is 10.3. The Labute approximate surface area is 171 Å². The fourth-order valence-corrected chi connectivity index (χ4v) is 4.08. The largest absolute Gasteiger partial charge is 0.573 e. The number of likely N-dealkylation sites (tertiary alicyclic amines) is 1. The first kappa shape index (κ1) is 23.7. The summed E-state index contributed by atoms with van der Waals surface area (Å²) in [5.74, 6) is -0.687. The van der Waals surface area contributed by atoms with Gasteiger partial charge in [0.25, 0.3) is 0 Å². The molecule has 1 fully saturated rings. The summed E-state index contributed by atoms with van der Waals surface area (Å²) in [4.78, 5) is 23.9. The number of benzene rings is 1. The molecule has 1 aliphatic heterocycles. The molecular formula is C17H22F3N3O6S. The second-order valence-corrected chi connectivity index (χ2v) is 9.22. The van der Waals surface area contributed by atoms with E-state index in [1.807, 2.05) is 0 Å². The van der Waals surface area contributed by atoms with E-state index < -0.39 is 50.9 Å². The molecule has 0 bridgehead atoms. The molecule has 1 heterocycles. The molecule has 168 valence electrons. The van der Waals surface area contributed by atoms with Crippen LogP contribution < -0.4 is 14.8 Å². The van der Waals surface area contributed by atoms with E-state index in [0.717, 1.165) is 29.2 Å². The average molecular weight is 453 g/mol. The normalized spacial score (nSPS) is 20.0. The van der Waals surface area contributed by atoms with Crippen molar-refractivity contribution < 1.29 is 40.7 Å². The first-order valence-electron chi connectivity index (χ1n) is 8.78. The van der Waals surface area contributed by atoms with Gasteiger partial charge in [-0.1, -0.05) is 6.07 Å². The van der Waals surface area contributed by atoms with Crippen molar-refractivity contribution >= 4 is 22.5 Å². The zero-order valence-corrected chi connectivity index (χ0v) is 17.2. The van der Waals surface area contributed by atoms with Gasteiger partial charge in [-0.25, -0.2) is 17.9 Å². The van der Waals surface area contributed by atoms with E-state index in [2.05, 4.69) is 14.8 Å². The third-order valence-corrected chi connectivity index (χ3v) is 5.38. The van der Waals surface area contributed by atoms with Crippen LogP contribution in [0.4, 0.5) is 18.0 Å². The lowest BCUT2D eigenvalue weighted by atomic mass is 10.2. The molecule has 0 saturated carbocycles. The Balaban J connectivity index is 2.15. The second-order valence-electron chi connectivity index (χ2n) is 7.51. The Morgan fingerprint density at radius 1 is 1.27 bits per heavy atom. The van der Waals surface area contributed by atoms with Crippen molar-refractivity contribution in [2.45, 2.75) is 56.3 Å². The zero-order chi connectivity index (χ0) is 22.7. The van der Waals surface area contributed by atoms with Gasteiger partial charge in [-0.05, 0) is 32.9 Å². The van der Waals surface area contributed by atoms with Crippen molar-refractivity contribution in [3.05, 3.63) is 24.3 Å². The maximum atomic E-state index is 12.6. The van der Waals surface area contributed by atoms with Gasteiger partial charge in [0.05, 0.1) is 4.90 Å². The molecule has 0 unspecified atom stereocenters. The van der Waals surface area contributed by atoms with E-state index in [1.54, 1.807) is 20.8 Å². The summed E-state index contributed by atoms with van der Waals surface area (Å²) in [5.41, 5.74) is -0.806. The molecule has 1 aliphatic rings. The summed E-state index contributed by atoms with van der Waals surface area (Å²) in [6.45, 7) is 4.84. The van der Waals surface area contributed by atoms with Gasteiger partial charge in [-0.3, -0.25) is 9.69 Å². The van der Waals surface area contributed by atoms with Crippen molar-refractivity contribution in [3.8, 4) is 5.75 Å². The Morgan fingerprint density at radius 2 is 1.93 bits per heavy atom. The SMILES string of the molecule is CC(C)(C)OC(=O)N1C[C@H](NS(=O)(=O)c2cccc(OC(F)(F)F)c2)C[C@H]1NC=O. The number of halogens is 3. The molecule has 13 heteroatoms. The summed E-state index contributed by atoms with van der Waals surface area (Å²) in [6.07, 6.45) is -6.12. The van der Waals surface area contributed by atoms with Crippen LogP contribution in [-0.2, 0) is 19.6 Å². The molecule has 30 heavy (non-hydrogen) atoms. The van der Waals surface area contributed by atoms with Crippen LogP contribution in [0.25, 0.3) is 0 Å². The average Bonchev–Trinajstić information content (AvgIpc) is 2.94. The zero-order valence-electron chi connectivity index (χ0n) is 16.4. The van der Waals surface area contributed by atoms with Crippen molar-refractivity contribution in [2.75, 3.05) is 6.54 Å². The third kappa shape index (κ3) is 6.76. The molecule has 0 aliphatic carbocycles. The standard InChI is InChI=1S/C17H22F3N3O6S/c1-16(2,3)29-15(25)23-9-11(7-14(23)21-10-24)22-30(26,27)13-6-4-5-12(8-13)28-17(18,19)20/h4-6,8,10-11,14,22H,7,9H2,1-3H3,(H,21,24)/t11-,14+/m1/s1. The van der Waals surface area contributed by atoms with Gasteiger partial charge in [0.1, 0.15) is 17.5 Å². The van der Waals surface area contributed by atoms with Gasteiger partial charge in [0.15, 0.2) is 0 Å². The van der Waals surface area contributed by atoms with Crippen LogP contribution >= 0.6 is 0 Å². The first-order chi connectivity index (χ1) is 13.7. The lowest BCUT2D eigenvalue weighted by molar-refractivity contribution is -0.274. The number of hydrogen-bond donors (Lipinski definition) is 2. The van der Waals surface area contributed by atoms with E-state index in [4.69, 9.17) is 4.74 Å². The van der Waals surface area contributed by atoms with Gasteiger partial charge in [-0.2, -0.15) is 0 Å². The Bertz CT molecular complexity index is 885. The molecule has 9 nitrogen and oxygen atoms in total. The maximum absolute atomic E-state index is 12.6. The van der Waals surface area contributed by atoms with Gasteiger partial charge >= 0.3 is 12.5 Å². The molecular weight excluding hydrogens is 431 g/mol. The number of sulfonamides is 1. The predicted octanol–water partition coefficient (Wildman–Crippen LogP) is 1.95. The molecule has 0 spiro atoms. The van der Waals surface area contributed by atoms with E-state index in [0.29, 0.717) is 6.41 Å². The fourth-order valence-electron chi connectivity index (χ4n) is 2.81. The van der Waals surface area contributed by atoms with Crippen LogP contribution in [0.1, 0.15) is 27.2 Å². The number of alkyl halides is 3. The van der Waals surface area contributed by atoms with Gasteiger partial charge in [0, 0.05) is 25.1 Å². The minimum absolute atomic E-state index is 0.0377. The quantitative estimate of drug-likeness (QED) is 0.637. The monoisotopic (exact) mass is 453 g/mol. The highest BCUT2D eigenvalue weighted by Gasteiger charge is 2.39. The lowest BCUT2D eigenvalue weighted by Gasteiger charge is -2.28. The molecule has 1 aromatic carbocycles. The number of nitrogens with zero attached hydrogens (tertiary/aromatic N) is 1. The minimum atomic E-state index is -4.97. The van der Waals surface area contributed by atoms with Crippen LogP contribution in [0, 0.1) is 0 Å². The molecule has 2 N–H and O–H groups in total. The van der Waals surface area contributed by atoms with Crippen molar-refractivity contribution in [2.24, 2.45) is 0 Å². The highest BCUT2D eigenvalue weighted by atomic mass is 32.2. The molecule has 2 rings (SSSR count). The summed E-state index contributed by atoms with van der Waals surface area (Å²) >= 11 is 0. The van der Waals surface area contributed by atoms with Gasteiger partial charge in [0.2, 0.25) is 16.4 Å². The summed E-state index contributed by atoms with van der Waals surface area (Å²) < 4.78 is 73.7. The van der Waals surface area contributed by atoms with Crippen molar-refractivity contribution in [1.82, 2.24) is 14.9 Å². The van der Waals surface area contributed by atoms with Crippen LogP contribution in [0.15, 0.2) is 29.2 Å². The van der Waals surface area contributed by atoms with E-state index >= 15 is 0 Å². The number of carbonyl (C=O) groups excluding carboxylic acids is 2. The lowest BCUT2D eigenvalue weighted by Crippen LogP contribution is -2.46. The maximum Gasteiger partial charge on any atom is 0.573 e.